The van der Waals surface area contributed by atoms with Crippen LogP contribution in [0.4, 0.5) is 0 Å². The summed E-state index contributed by atoms with van der Waals surface area (Å²) in [5.74, 6) is 0. The zero-order chi connectivity index (χ0) is 24.6. The Morgan fingerprint density at radius 3 is 1.76 bits per heavy atom. The van der Waals surface area contributed by atoms with Gasteiger partial charge in [-0.3, -0.25) is 0 Å². The Balaban J connectivity index is 1.72. The first-order valence-corrected chi connectivity index (χ1v) is 10.9. The van der Waals surface area contributed by atoms with E-state index in [1.807, 2.05) is 0 Å². The standard InChI is InChI=1S/C18H37N5O10/c19-2-6-11(26)12(27)9(23)17(30-6)32-15-4(20)1-5(21)16(14(15)29)33-18-13(28)8(22)10(25)7(3-24)31-18/h4-18,24-29H,1-3,19-23H2/t4-,5?,6?,7+,8?,9?,10?,11+,12?,13+,14?,15?,16-,17+,18?/m0/s1. The van der Waals surface area contributed by atoms with Gasteiger partial charge in [0.15, 0.2) is 12.6 Å². The van der Waals surface area contributed by atoms with E-state index in [0.29, 0.717) is 0 Å². The van der Waals surface area contributed by atoms with Crippen molar-refractivity contribution in [2.24, 2.45) is 28.7 Å². The summed E-state index contributed by atoms with van der Waals surface area (Å²) in [4.78, 5) is 0. The maximum atomic E-state index is 11.0. The molecule has 0 aromatic carbocycles. The number of ether oxygens (including phenoxy) is 4. The highest BCUT2D eigenvalue weighted by atomic mass is 16.7. The van der Waals surface area contributed by atoms with Gasteiger partial charge in [-0.15, -0.1) is 0 Å². The lowest BCUT2D eigenvalue weighted by Crippen LogP contribution is -2.69. The number of aliphatic hydroxyl groups is 6. The largest absolute Gasteiger partial charge is 0.394 e. The van der Waals surface area contributed by atoms with E-state index in [-0.39, 0.29) is 13.0 Å². The fraction of sp³-hybridized carbons (Fsp3) is 1.00. The molecule has 3 fully saturated rings. The van der Waals surface area contributed by atoms with Crippen molar-refractivity contribution in [3.05, 3.63) is 0 Å². The Morgan fingerprint density at radius 1 is 0.667 bits per heavy atom. The van der Waals surface area contributed by atoms with Crippen molar-refractivity contribution in [2.45, 2.75) is 98.1 Å². The van der Waals surface area contributed by atoms with Gasteiger partial charge in [-0.1, -0.05) is 0 Å². The van der Waals surface area contributed by atoms with Gasteiger partial charge in [0.2, 0.25) is 0 Å². The number of hydrogen-bond acceptors (Lipinski definition) is 15. The van der Waals surface area contributed by atoms with Crippen LogP contribution in [0.25, 0.3) is 0 Å². The monoisotopic (exact) mass is 483 g/mol. The van der Waals surface area contributed by atoms with Crippen LogP contribution in [0.2, 0.25) is 0 Å². The minimum absolute atomic E-state index is 0.115. The average Bonchev–Trinajstić information content (AvgIpc) is 2.79. The summed E-state index contributed by atoms with van der Waals surface area (Å²) in [6, 6.07) is -3.92. The summed E-state index contributed by atoms with van der Waals surface area (Å²) in [5, 5.41) is 60.9. The molecule has 2 aliphatic heterocycles. The Kier molecular flexibility index (Phi) is 8.99. The van der Waals surface area contributed by atoms with E-state index in [1.54, 1.807) is 0 Å². The maximum absolute atomic E-state index is 11.0. The van der Waals surface area contributed by atoms with Crippen LogP contribution in [0.5, 0.6) is 0 Å². The molecule has 33 heavy (non-hydrogen) atoms. The molecule has 0 amide bonds. The van der Waals surface area contributed by atoms with E-state index in [1.165, 1.54) is 0 Å². The fourth-order valence-corrected chi connectivity index (χ4v) is 4.45. The van der Waals surface area contributed by atoms with Gasteiger partial charge in [-0.05, 0) is 6.42 Å². The highest BCUT2D eigenvalue weighted by Crippen LogP contribution is 2.30. The van der Waals surface area contributed by atoms with Crippen LogP contribution in [0.1, 0.15) is 6.42 Å². The normalized spacial score (nSPS) is 53.7. The summed E-state index contributed by atoms with van der Waals surface area (Å²) >= 11 is 0. The molecule has 0 aromatic rings. The molecule has 2 saturated heterocycles. The molecule has 3 aliphatic rings. The predicted molar refractivity (Wildman–Crippen MR) is 110 cm³/mol. The van der Waals surface area contributed by atoms with Crippen LogP contribution in [-0.2, 0) is 18.9 Å². The molecular formula is C18H37N5O10. The zero-order valence-corrected chi connectivity index (χ0v) is 18.0. The van der Waals surface area contributed by atoms with Crippen LogP contribution in [0.15, 0.2) is 0 Å². The molecular weight excluding hydrogens is 446 g/mol. The quantitative estimate of drug-likeness (QED) is 0.167. The molecule has 15 heteroatoms. The molecule has 1 aliphatic carbocycles. The fourth-order valence-electron chi connectivity index (χ4n) is 4.45. The third-order valence-electron chi connectivity index (χ3n) is 6.56. The van der Waals surface area contributed by atoms with Crippen molar-refractivity contribution in [1.29, 1.82) is 0 Å². The Hall–Kier alpha value is -0.600. The molecule has 0 bridgehead atoms. The highest BCUT2D eigenvalue weighted by molar-refractivity contribution is 5.01. The first-order valence-electron chi connectivity index (χ1n) is 10.9. The topological polar surface area (TPSA) is 288 Å². The van der Waals surface area contributed by atoms with Gasteiger partial charge in [0.1, 0.15) is 54.9 Å². The smallest absolute Gasteiger partial charge is 0.186 e. The first-order chi connectivity index (χ1) is 15.5. The summed E-state index contributed by atoms with van der Waals surface area (Å²) in [6.07, 6.45) is -13.9. The van der Waals surface area contributed by atoms with Gasteiger partial charge in [0.05, 0.1) is 18.7 Å². The summed E-state index contributed by atoms with van der Waals surface area (Å²) in [7, 11) is 0. The molecule has 194 valence electrons. The van der Waals surface area contributed by atoms with E-state index in [9.17, 15) is 30.6 Å². The molecule has 0 aromatic heterocycles. The van der Waals surface area contributed by atoms with Crippen LogP contribution in [0, 0.1) is 0 Å². The first kappa shape index (κ1) is 27.0. The summed E-state index contributed by atoms with van der Waals surface area (Å²) < 4.78 is 22.5. The van der Waals surface area contributed by atoms with Gasteiger partial charge in [0, 0.05) is 18.6 Å². The molecule has 1 saturated carbocycles. The zero-order valence-electron chi connectivity index (χ0n) is 18.0. The van der Waals surface area contributed by atoms with Crippen LogP contribution in [0.3, 0.4) is 0 Å². The number of hydrogen-bond donors (Lipinski definition) is 11. The Bertz CT molecular complexity index is 585. The Morgan fingerprint density at radius 2 is 1.21 bits per heavy atom. The number of rotatable bonds is 6. The van der Waals surface area contributed by atoms with E-state index in [0.717, 1.165) is 0 Å². The van der Waals surface area contributed by atoms with Gasteiger partial charge in [-0.2, -0.15) is 0 Å². The lowest BCUT2D eigenvalue weighted by atomic mass is 9.84. The molecule has 0 radical (unpaired) electrons. The average molecular weight is 484 g/mol. The van der Waals surface area contributed by atoms with Crippen LogP contribution in [-0.4, -0.2) is 135 Å². The summed E-state index contributed by atoms with van der Waals surface area (Å²) in [6.45, 7) is -0.694. The Labute approximate surface area is 190 Å². The molecule has 15 nitrogen and oxygen atoms in total. The third-order valence-corrected chi connectivity index (χ3v) is 6.56. The van der Waals surface area contributed by atoms with Gasteiger partial charge < -0.3 is 78.3 Å². The van der Waals surface area contributed by atoms with E-state index in [4.69, 9.17) is 47.6 Å². The molecule has 9 unspecified atom stereocenters. The van der Waals surface area contributed by atoms with Gasteiger partial charge in [-0.25, -0.2) is 0 Å². The second kappa shape index (κ2) is 11.0. The molecule has 2 heterocycles. The lowest BCUT2D eigenvalue weighted by Gasteiger charge is -2.48. The number of nitrogens with two attached hydrogens (primary N) is 5. The van der Waals surface area contributed by atoms with Crippen LogP contribution >= 0.6 is 0 Å². The molecule has 0 spiro atoms. The van der Waals surface area contributed by atoms with Crippen molar-refractivity contribution in [3.63, 3.8) is 0 Å². The predicted octanol–water partition coefficient (Wildman–Crippen LogP) is -7.33. The maximum Gasteiger partial charge on any atom is 0.186 e. The second-order valence-corrected chi connectivity index (χ2v) is 8.88. The van der Waals surface area contributed by atoms with Crippen molar-refractivity contribution in [3.8, 4) is 0 Å². The van der Waals surface area contributed by atoms with Crippen molar-refractivity contribution in [1.82, 2.24) is 0 Å². The summed E-state index contributed by atoms with van der Waals surface area (Å²) in [5.41, 5.74) is 29.6. The van der Waals surface area contributed by atoms with Crippen molar-refractivity contribution < 1.29 is 49.6 Å². The molecule has 3 rings (SSSR count). The van der Waals surface area contributed by atoms with E-state index >= 15 is 0 Å². The molecule has 16 N–H and O–H groups in total. The number of aliphatic hydroxyl groups excluding tert-OH is 6. The SMILES string of the molecule is NCC1O[C@H](OC2C(O)[C@@H](OC3O[C@H](CO)C(O)C(N)[C@H]3O)C(N)C[C@@H]2N)C(N)C(O)[C@@H]1O. The van der Waals surface area contributed by atoms with Crippen LogP contribution < -0.4 is 28.7 Å². The van der Waals surface area contributed by atoms with Gasteiger partial charge in [0.25, 0.3) is 0 Å². The van der Waals surface area contributed by atoms with E-state index < -0.39 is 98.3 Å². The van der Waals surface area contributed by atoms with Crippen molar-refractivity contribution >= 4 is 0 Å². The van der Waals surface area contributed by atoms with E-state index in [2.05, 4.69) is 0 Å². The molecule has 15 atom stereocenters. The lowest BCUT2D eigenvalue weighted by molar-refractivity contribution is -0.318. The second-order valence-electron chi connectivity index (χ2n) is 8.88. The minimum atomic E-state index is -1.48. The van der Waals surface area contributed by atoms with Gasteiger partial charge >= 0.3 is 0 Å². The van der Waals surface area contributed by atoms with Crippen molar-refractivity contribution in [2.75, 3.05) is 13.2 Å². The third kappa shape index (κ3) is 5.32. The highest BCUT2D eigenvalue weighted by Gasteiger charge is 2.51. The minimum Gasteiger partial charge on any atom is -0.394 e.